The van der Waals surface area contributed by atoms with Crippen molar-refractivity contribution in [1.82, 2.24) is 4.98 Å². The average molecular weight is 213 g/mol. The third-order valence-electron chi connectivity index (χ3n) is 1.93. The van der Waals surface area contributed by atoms with Crippen molar-refractivity contribution in [3.8, 4) is 6.07 Å². The summed E-state index contributed by atoms with van der Waals surface area (Å²) in [5.74, 6) is 0. The van der Waals surface area contributed by atoms with Crippen LogP contribution < -0.4 is 5.73 Å². The molecule has 0 aliphatic heterocycles. The van der Waals surface area contributed by atoms with E-state index in [0.717, 1.165) is 6.07 Å². The molecule has 15 heavy (non-hydrogen) atoms. The van der Waals surface area contributed by atoms with Gasteiger partial charge < -0.3 is 10.8 Å². The molecule has 0 unspecified atom stereocenters. The monoisotopic (exact) mass is 213 g/mol. The van der Waals surface area contributed by atoms with Gasteiger partial charge in [-0.3, -0.25) is 0 Å². The van der Waals surface area contributed by atoms with Gasteiger partial charge in [-0.1, -0.05) is 0 Å². The van der Waals surface area contributed by atoms with Crippen LogP contribution >= 0.6 is 0 Å². The SMILES string of the molecule is N#Cc1nc(CN)c(CO)cc1C(F)F. The standard InChI is InChI=1S/C9H9F2N3O/c10-9(11)6-1-5(4-15)7(2-12)14-8(6)3-13/h1,9,15H,2,4,12H2. The first kappa shape index (κ1) is 11.5. The minimum atomic E-state index is -2.79. The summed E-state index contributed by atoms with van der Waals surface area (Å²) in [6.07, 6.45) is -2.79. The number of hydrogen-bond acceptors (Lipinski definition) is 4. The van der Waals surface area contributed by atoms with E-state index in [1.165, 1.54) is 0 Å². The van der Waals surface area contributed by atoms with Gasteiger partial charge >= 0.3 is 0 Å². The third kappa shape index (κ3) is 2.26. The number of aliphatic hydroxyl groups is 1. The van der Waals surface area contributed by atoms with E-state index < -0.39 is 18.6 Å². The second kappa shape index (κ2) is 4.77. The number of nitrogens with zero attached hydrogens (tertiary/aromatic N) is 2. The Kier molecular flexibility index (Phi) is 3.66. The largest absolute Gasteiger partial charge is 0.392 e. The number of pyridine rings is 1. The maximum Gasteiger partial charge on any atom is 0.266 e. The number of alkyl halides is 2. The number of rotatable bonds is 3. The molecule has 4 nitrogen and oxygen atoms in total. The molecule has 0 spiro atoms. The highest BCUT2D eigenvalue weighted by Crippen LogP contribution is 2.23. The molecular weight excluding hydrogens is 204 g/mol. The van der Waals surface area contributed by atoms with E-state index in [0.29, 0.717) is 0 Å². The van der Waals surface area contributed by atoms with Crippen molar-refractivity contribution in [1.29, 1.82) is 5.26 Å². The first-order valence-corrected chi connectivity index (χ1v) is 4.15. The highest BCUT2D eigenvalue weighted by molar-refractivity contribution is 5.37. The molecule has 0 aliphatic carbocycles. The Morgan fingerprint density at radius 1 is 1.60 bits per heavy atom. The average Bonchev–Trinajstić information content (AvgIpc) is 2.26. The summed E-state index contributed by atoms with van der Waals surface area (Å²) in [5.41, 5.74) is 4.98. The Hall–Kier alpha value is -1.58. The molecule has 1 heterocycles. The van der Waals surface area contributed by atoms with Gasteiger partial charge in [0.05, 0.1) is 17.9 Å². The van der Waals surface area contributed by atoms with Gasteiger partial charge in [-0.2, -0.15) is 5.26 Å². The van der Waals surface area contributed by atoms with Crippen LogP contribution in [0.4, 0.5) is 8.78 Å². The number of hydrogen-bond donors (Lipinski definition) is 2. The number of nitrogens with two attached hydrogens (primary N) is 1. The molecule has 6 heteroatoms. The van der Waals surface area contributed by atoms with Gasteiger partial charge in [0.2, 0.25) is 0 Å². The van der Waals surface area contributed by atoms with Crippen LogP contribution in [0, 0.1) is 11.3 Å². The second-order valence-corrected chi connectivity index (χ2v) is 2.81. The zero-order chi connectivity index (χ0) is 11.4. The fourth-order valence-electron chi connectivity index (χ4n) is 1.18. The topological polar surface area (TPSA) is 82.9 Å². The lowest BCUT2D eigenvalue weighted by molar-refractivity contribution is 0.150. The molecule has 0 saturated heterocycles. The molecule has 1 aromatic rings. The fraction of sp³-hybridized carbons (Fsp3) is 0.333. The predicted octanol–water partition coefficient (Wildman–Crippen LogP) is 0.842. The predicted molar refractivity (Wildman–Crippen MR) is 47.7 cm³/mol. The van der Waals surface area contributed by atoms with Crippen molar-refractivity contribution < 1.29 is 13.9 Å². The molecule has 0 aromatic carbocycles. The highest BCUT2D eigenvalue weighted by atomic mass is 19.3. The Balaban J connectivity index is 3.36. The molecule has 1 rings (SSSR count). The molecule has 0 saturated carbocycles. The van der Waals surface area contributed by atoms with Crippen LogP contribution in [-0.4, -0.2) is 10.1 Å². The second-order valence-electron chi connectivity index (χ2n) is 2.81. The van der Waals surface area contributed by atoms with Gasteiger partial charge in [0.25, 0.3) is 6.43 Å². The summed E-state index contributed by atoms with van der Waals surface area (Å²) in [7, 11) is 0. The smallest absolute Gasteiger partial charge is 0.266 e. The first-order chi connectivity index (χ1) is 7.13. The maximum absolute atomic E-state index is 12.5. The summed E-state index contributed by atoms with van der Waals surface area (Å²) in [4.78, 5) is 3.68. The molecule has 0 radical (unpaired) electrons. The minimum Gasteiger partial charge on any atom is -0.392 e. The fourth-order valence-corrected chi connectivity index (χ4v) is 1.18. The van der Waals surface area contributed by atoms with Crippen molar-refractivity contribution in [3.63, 3.8) is 0 Å². The number of halogens is 2. The van der Waals surface area contributed by atoms with Gasteiger partial charge in [-0.15, -0.1) is 0 Å². The van der Waals surface area contributed by atoms with Crippen molar-refractivity contribution in [3.05, 3.63) is 28.6 Å². The van der Waals surface area contributed by atoms with E-state index in [-0.39, 0.29) is 23.5 Å². The Labute approximate surface area is 85.0 Å². The van der Waals surface area contributed by atoms with Crippen LogP contribution in [0.15, 0.2) is 6.07 Å². The van der Waals surface area contributed by atoms with Gasteiger partial charge in [-0.25, -0.2) is 13.8 Å². The molecule has 0 atom stereocenters. The van der Waals surface area contributed by atoms with Gasteiger partial charge in [0, 0.05) is 12.1 Å². The quantitative estimate of drug-likeness (QED) is 0.779. The Morgan fingerprint density at radius 2 is 2.27 bits per heavy atom. The van der Waals surface area contributed by atoms with Crippen LogP contribution in [0.2, 0.25) is 0 Å². The summed E-state index contributed by atoms with van der Waals surface area (Å²) in [6, 6.07) is 2.64. The normalized spacial score (nSPS) is 10.4. The number of aliphatic hydroxyl groups excluding tert-OH is 1. The van der Waals surface area contributed by atoms with Gasteiger partial charge in [0.15, 0.2) is 0 Å². The zero-order valence-corrected chi connectivity index (χ0v) is 7.74. The van der Waals surface area contributed by atoms with Gasteiger partial charge in [0.1, 0.15) is 11.8 Å². The van der Waals surface area contributed by atoms with Crippen LogP contribution in [0.1, 0.15) is 28.9 Å². The zero-order valence-electron chi connectivity index (χ0n) is 7.74. The lowest BCUT2D eigenvalue weighted by Crippen LogP contribution is -2.08. The van der Waals surface area contributed by atoms with Crippen molar-refractivity contribution >= 4 is 0 Å². The third-order valence-corrected chi connectivity index (χ3v) is 1.93. The highest BCUT2D eigenvalue weighted by Gasteiger charge is 2.17. The minimum absolute atomic E-state index is 0.00586. The van der Waals surface area contributed by atoms with Crippen LogP contribution in [0.5, 0.6) is 0 Å². The Morgan fingerprint density at radius 3 is 2.67 bits per heavy atom. The lowest BCUT2D eigenvalue weighted by Gasteiger charge is -2.08. The Bertz CT molecular complexity index is 401. The summed E-state index contributed by atoms with van der Waals surface area (Å²) in [6.45, 7) is -0.431. The number of nitriles is 1. The van der Waals surface area contributed by atoms with Gasteiger partial charge in [-0.05, 0) is 6.07 Å². The molecule has 3 N–H and O–H groups in total. The van der Waals surface area contributed by atoms with Crippen molar-refractivity contribution in [2.75, 3.05) is 0 Å². The van der Waals surface area contributed by atoms with E-state index in [9.17, 15) is 8.78 Å². The maximum atomic E-state index is 12.5. The van der Waals surface area contributed by atoms with Crippen LogP contribution in [-0.2, 0) is 13.2 Å². The van der Waals surface area contributed by atoms with E-state index >= 15 is 0 Å². The molecule has 0 amide bonds. The first-order valence-electron chi connectivity index (χ1n) is 4.15. The van der Waals surface area contributed by atoms with Crippen molar-refractivity contribution in [2.24, 2.45) is 5.73 Å². The summed E-state index contributed by atoms with van der Waals surface area (Å²) in [5, 5.41) is 17.5. The van der Waals surface area contributed by atoms with E-state index in [2.05, 4.69) is 4.98 Å². The summed E-state index contributed by atoms with van der Waals surface area (Å²) < 4.78 is 24.9. The molecular formula is C9H9F2N3O. The van der Waals surface area contributed by atoms with E-state index in [1.54, 1.807) is 6.07 Å². The lowest BCUT2D eigenvalue weighted by atomic mass is 10.1. The van der Waals surface area contributed by atoms with Crippen LogP contribution in [0.25, 0.3) is 0 Å². The molecule has 0 fully saturated rings. The van der Waals surface area contributed by atoms with Crippen LogP contribution in [0.3, 0.4) is 0 Å². The molecule has 0 bridgehead atoms. The summed E-state index contributed by atoms with van der Waals surface area (Å²) >= 11 is 0. The molecule has 1 aromatic heterocycles. The van der Waals surface area contributed by atoms with E-state index in [1.807, 2.05) is 0 Å². The molecule has 0 aliphatic rings. The van der Waals surface area contributed by atoms with Crippen molar-refractivity contribution in [2.45, 2.75) is 19.6 Å². The molecule has 80 valence electrons. The van der Waals surface area contributed by atoms with E-state index in [4.69, 9.17) is 16.1 Å². The number of aromatic nitrogens is 1.